The number of hydrogen-bond acceptors (Lipinski definition) is 5. The van der Waals surface area contributed by atoms with Crippen molar-refractivity contribution in [3.63, 3.8) is 0 Å². The van der Waals surface area contributed by atoms with Gasteiger partial charge in [-0.25, -0.2) is 0 Å². The average molecular weight is 251 g/mol. The lowest BCUT2D eigenvalue weighted by Crippen LogP contribution is -2.20. The summed E-state index contributed by atoms with van der Waals surface area (Å²) in [6, 6.07) is 0. The maximum Gasteiger partial charge on any atom is 0.322 e. The summed E-state index contributed by atoms with van der Waals surface area (Å²) in [5, 5.41) is 11.2. The fourth-order valence-electron chi connectivity index (χ4n) is 2.01. The predicted molar refractivity (Wildman–Crippen MR) is 65.7 cm³/mol. The first kappa shape index (κ1) is 12.6. The number of rotatable bonds is 5. The first-order chi connectivity index (χ1) is 8.74. The summed E-state index contributed by atoms with van der Waals surface area (Å²) in [7, 11) is 0. The van der Waals surface area contributed by atoms with Gasteiger partial charge < -0.3 is 15.2 Å². The SMILES string of the molecule is O=C(O)CNc1cncc(OC2CCCCC2)n1. The molecule has 1 saturated carbocycles. The minimum atomic E-state index is -0.935. The average Bonchev–Trinajstić information content (AvgIpc) is 2.38. The van der Waals surface area contributed by atoms with Gasteiger partial charge in [-0.1, -0.05) is 6.42 Å². The molecule has 6 nitrogen and oxygen atoms in total. The van der Waals surface area contributed by atoms with Crippen LogP contribution in [0.1, 0.15) is 32.1 Å². The molecule has 0 atom stereocenters. The van der Waals surface area contributed by atoms with Crippen molar-refractivity contribution in [2.75, 3.05) is 11.9 Å². The molecule has 6 heteroatoms. The van der Waals surface area contributed by atoms with Gasteiger partial charge in [-0.3, -0.25) is 9.78 Å². The summed E-state index contributed by atoms with van der Waals surface area (Å²) >= 11 is 0. The minimum absolute atomic E-state index is 0.179. The van der Waals surface area contributed by atoms with Crippen molar-refractivity contribution in [2.24, 2.45) is 0 Å². The monoisotopic (exact) mass is 251 g/mol. The Balaban J connectivity index is 1.91. The fraction of sp³-hybridized carbons (Fsp3) is 0.583. The Morgan fingerprint density at radius 1 is 1.39 bits per heavy atom. The van der Waals surface area contributed by atoms with Crippen molar-refractivity contribution in [2.45, 2.75) is 38.2 Å². The topological polar surface area (TPSA) is 84.3 Å². The van der Waals surface area contributed by atoms with Gasteiger partial charge in [-0.15, -0.1) is 0 Å². The molecule has 0 amide bonds. The Bertz CT molecular complexity index is 405. The highest BCUT2D eigenvalue weighted by Gasteiger charge is 2.15. The van der Waals surface area contributed by atoms with Crippen LogP contribution in [0.4, 0.5) is 5.82 Å². The number of nitrogens with one attached hydrogen (secondary N) is 1. The fourth-order valence-corrected chi connectivity index (χ4v) is 2.01. The van der Waals surface area contributed by atoms with Crippen molar-refractivity contribution in [1.29, 1.82) is 0 Å². The van der Waals surface area contributed by atoms with Crippen LogP contribution in [0.25, 0.3) is 0 Å². The Hall–Kier alpha value is -1.85. The van der Waals surface area contributed by atoms with Gasteiger partial charge in [0.2, 0.25) is 5.88 Å². The van der Waals surface area contributed by atoms with E-state index in [1.54, 1.807) is 6.20 Å². The summed E-state index contributed by atoms with van der Waals surface area (Å²) < 4.78 is 5.74. The van der Waals surface area contributed by atoms with Gasteiger partial charge >= 0.3 is 5.97 Å². The molecule has 0 spiro atoms. The van der Waals surface area contributed by atoms with Crippen LogP contribution in [0.15, 0.2) is 12.4 Å². The zero-order valence-corrected chi connectivity index (χ0v) is 10.1. The summed E-state index contributed by atoms with van der Waals surface area (Å²) in [5.41, 5.74) is 0. The van der Waals surface area contributed by atoms with Crippen LogP contribution < -0.4 is 10.1 Å². The maximum atomic E-state index is 10.4. The second-order valence-electron chi connectivity index (χ2n) is 4.37. The lowest BCUT2D eigenvalue weighted by atomic mass is 9.98. The van der Waals surface area contributed by atoms with Crippen LogP contribution >= 0.6 is 0 Å². The van der Waals surface area contributed by atoms with Gasteiger partial charge in [0.1, 0.15) is 18.5 Å². The predicted octanol–water partition coefficient (Wildman–Crippen LogP) is 1.68. The van der Waals surface area contributed by atoms with E-state index in [9.17, 15) is 4.79 Å². The number of aliphatic carboxylic acids is 1. The molecule has 1 aliphatic carbocycles. The molecule has 1 fully saturated rings. The van der Waals surface area contributed by atoms with Crippen LogP contribution in [0, 0.1) is 0 Å². The number of carboxylic acid groups (broad SMARTS) is 1. The lowest BCUT2D eigenvalue weighted by Gasteiger charge is -2.22. The number of anilines is 1. The zero-order valence-electron chi connectivity index (χ0n) is 10.1. The highest BCUT2D eigenvalue weighted by Crippen LogP contribution is 2.22. The first-order valence-corrected chi connectivity index (χ1v) is 6.18. The van der Waals surface area contributed by atoms with E-state index in [1.165, 1.54) is 25.5 Å². The second-order valence-corrected chi connectivity index (χ2v) is 4.37. The third-order valence-corrected chi connectivity index (χ3v) is 2.87. The molecule has 1 aromatic heterocycles. The van der Waals surface area contributed by atoms with Crippen molar-refractivity contribution >= 4 is 11.8 Å². The summed E-state index contributed by atoms with van der Waals surface area (Å²) in [6.45, 7) is -0.179. The Kier molecular flexibility index (Phi) is 4.33. The Morgan fingerprint density at radius 3 is 2.89 bits per heavy atom. The van der Waals surface area contributed by atoms with E-state index in [0.717, 1.165) is 12.8 Å². The van der Waals surface area contributed by atoms with Crippen LogP contribution in [-0.4, -0.2) is 33.7 Å². The highest BCUT2D eigenvalue weighted by atomic mass is 16.5. The number of aromatic nitrogens is 2. The molecule has 2 rings (SSSR count). The van der Waals surface area contributed by atoms with Crippen LogP contribution in [0.3, 0.4) is 0 Å². The molecule has 0 aliphatic heterocycles. The molecule has 1 heterocycles. The van der Waals surface area contributed by atoms with E-state index in [2.05, 4.69) is 15.3 Å². The number of carbonyl (C=O) groups is 1. The quantitative estimate of drug-likeness (QED) is 0.828. The van der Waals surface area contributed by atoms with Gasteiger partial charge in [-0.2, -0.15) is 4.98 Å². The van der Waals surface area contributed by atoms with Crippen molar-refractivity contribution in [3.8, 4) is 5.88 Å². The summed E-state index contributed by atoms with van der Waals surface area (Å²) in [4.78, 5) is 18.6. The van der Waals surface area contributed by atoms with Crippen LogP contribution in [-0.2, 0) is 4.79 Å². The summed E-state index contributed by atoms with van der Waals surface area (Å²) in [5.74, 6) is -0.0570. The van der Waals surface area contributed by atoms with Crippen molar-refractivity contribution in [3.05, 3.63) is 12.4 Å². The van der Waals surface area contributed by atoms with E-state index in [-0.39, 0.29) is 12.6 Å². The van der Waals surface area contributed by atoms with Gasteiger partial charge in [0.15, 0.2) is 0 Å². The third-order valence-electron chi connectivity index (χ3n) is 2.87. The molecule has 0 unspecified atom stereocenters. The van der Waals surface area contributed by atoms with Gasteiger partial charge in [0, 0.05) is 0 Å². The summed E-state index contributed by atoms with van der Waals surface area (Å²) in [6.07, 6.45) is 9.00. The lowest BCUT2D eigenvalue weighted by molar-refractivity contribution is -0.134. The molecule has 0 bridgehead atoms. The van der Waals surface area contributed by atoms with E-state index < -0.39 is 5.97 Å². The van der Waals surface area contributed by atoms with Crippen LogP contribution in [0.5, 0.6) is 5.88 Å². The molecule has 1 aromatic rings. The number of hydrogen-bond donors (Lipinski definition) is 2. The number of ether oxygens (including phenoxy) is 1. The molecule has 0 saturated heterocycles. The Morgan fingerprint density at radius 2 is 2.17 bits per heavy atom. The molecule has 0 aromatic carbocycles. The normalized spacial score (nSPS) is 16.2. The molecule has 1 aliphatic rings. The molecule has 0 radical (unpaired) electrons. The zero-order chi connectivity index (χ0) is 12.8. The molecule has 2 N–H and O–H groups in total. The number of nitrogens with zero attached hydrogens (tertiary/aromatic N) is 2. The second kappa shape index (κ2) is 6.18. The smallest absolute Gasteiger partial charge is 0.322 e. The molecule has 98 valence electrons. The first-order valence-electron chi connectivity index (χ1n) is 6.18. The largest absolute Gasteiger partial charge is 0.480 e. The van der Waals surface area contributed by atoms with Gasteiger partial charge in [0.25, 0.3) is 0 Å². The van der Waals surface area contributed by atoms with E-state index in [1.807, 2.05) is 0 Å². The standard InChI is InChI=1S/C12H17N3O3/c16-12(17)8-14-10-6-13-7-11(15-10)18-9-4-2-1-3-5-9/h6-7,9H,1-5,8H2,(H,14,15)(H,16,17). The van der Waals surface area contributed by atoms with E-state index in [4.69, 9.17) is 9.84 Å². The molecular weight excluding hydrogens is 234 g/mol. The molecule has 18 heavy (non-hydrogen) atoms. The Labute approximate surface area is 105 Å². The number of carboxylic acids is 1. The van der Waals surface area contributed by atoms with Gasteiger partial charge in [0.05, 0.1) is 12.4 Å². The van der Waals surface area contributed by atoms with Crippen LogP contribution in [0.2, 0.25) is 0 Å². The van der Waals surface area contributed by atoms with Crippen molar-refractivity contribution in [1.82, 2.24) is 9.97 Å². The maximum absolute atomic E-state index is 10.4. The van der Waals surface area contributed by atoms with Gasteiger partial charge in [-0.05, 0) is 25.7 Å². The highest BCUT2D eigenvalue weighted by molar-refractivity contribution is 5.72. The van der Waals surface area contributed by atoms with Crippen molar-refractivity contribution < 1.29 is 14.6 Å². The van der Waals surface area contributed by atoms with E-state index >= 15 is 0 Å². The third kappa shape index (κ3) is 3.87. The minimum Gasteiger partial charge on any atom is -0.480 e. The molecular formula is C12H17N3O3. The van der Waals surface area contributed by atoms with E-state index in [0.29, 0.717) is 11.7 Å².